The Bertz CT molecular complexity index is 976. The van der Waals surface area contributed by atoms with Crippen molar-refractivity contribution in [2.75, 3.05) is 26.2 Å². The fraction of sp³-hybridized carbons (Fsp3) is 0.391. The number of hydrogen-bond acceptors (Lipinski definition) is 4. The van der Waals surface area contributed by atoms with E-state index in [1.807, 2.05) is 24.4 Å². The number of thiophene rings is 1. The molecule has 1 unspecified atom stereocenters. The Balaban J connectivity index is 1.27. The molecule has 1 aliphatic rings. The number of nitrogens with zero attached hydrogens (tertiary/aromatic N) is 1. The number of benzene rings is 1. The van der Waals surface area contributed by atoms with Gasteiger partial charge in [-0.05, 0) is 66.4 Å². The summed E-state index contributed by atoms with van der Waals surface area (Å²) in [6.07, 6.45) is 6.26. The standard InChI is InChI=1S/C23H28N4O2S/c28-22(24-10-8-17-14-25-20-7-3-2-6-19(17)20)23(29)26-15-21(18-9-13-30-16-18)27-11-4-1-5-12-27/h2-3,6-7,9,13-14,16,21,25H,1,4-5,8,10-12,15H2,(H,24,28)(H,26,29). The van der Waals surface area contributed by atoms with Crippen LogP contribution in [0.25, 0.3) is 10.9 Å². The summed E-state index contributed by atoms with van der Waals surface area (Å²) < 4.78 is 0. The molecule has 1 saturated heterocycles. The van der Waals surface area contributed by atoms with Gasteiger partial charge >= 0.3 is 11.8 Å². The Labute approximate surface area is 180 Å². The molecular weight excluding hydrogens is 396 g/mol. The zero-order valence-corrected chi connectivity index (χ0v) is 17.8. The number of aromatic amines is 1. The Morgan fingerprint density at radius 3 is 2.67 bits per heavy atom. The van der Waals surface area contributed by atoms with E-state index in [0.29, 0.717) is 19.5 Å². The number of para-hydroxylation sites is 1. The van der Waals surface area contributed by atoms with Gasteiger partial charge in [0, 0.05) is 30.2 Å². The van der Waals surface area contributed by atoms with Gasteiger partial charge < -0.3 is 15.6 Å². The highest BCUT2D eigenvalue weighted by Crippen LogP contribution is 2.25. The van der Waals surface area contributed by atoms with Gasteiger partial charge in [-0.15, -0.1) is 0 Å². The van der Waals surface area contributed by atoms with Crippen LogP contribution < -0.4 is 10.6 Å². The number of fused-ring (bicyclic) bond motifs is 1. The van der Waals surface area contributed by atoms with Crippen molar-refractivity contribution in [1.82, 2.24) is 20.5 Å². The predicted molar refractivity (Wildman–Crippen MR) is 121 cm³/mol. The minimum Gasteiger partial charge on any atom is -0.361 e. The van der Waals surface area contributed by atoms with Crippen molar-refractivity contribution in [2.45, 2.75) is 31.7 Å². The number of nitrogens with one attached hydrogen (secondary N) is 3. The van der Waals surface area contributed by atoms with E-state index in [9.17, 15) is 9.59 Å². The summed E-state index contributed by atoms with van der Waals surface area (Å²) >= 11 is 1.66. The number of piperidine rings is 1. The molecule has 3 N–H and O–H groups in total. The van der Waals surface area contributed by atoms with Gasteiger partial charge in [-0.2, -0.15) is 11.3 Å². The lowest BCUT2D eigenvalue weighted by Crippen LogP contribution is -2.45. The lowest BCUT2D eigenvalue weighted by Gasteiger charge is -2.34. The highest BCUT2D eigenvalue weighted by molar-refractivity contribution is 7.08. The molecule has 0 saturated carbocycles. The van der Waals surface area contributed by atoms with Gasteiger partial charge in [0.2, 0.25) is 0 Å². The second kappa shape index (κ2) is 9.91. The molecule has 30 heavy (non-hydrogen) atoms. The molecule has 1 atom stereocenters. The van der Waals surface area contributed by atoms with Gasteiger partial charge in [-0.25, -0.2) is 0 Å². The summed E-state index contributed by atoms with van der Waals surface area (Å²) in [5.74, 6) is -1.14. The molecule has 1 fully saturated rings. The molecule has 2 aromatic heterocycles. The summed E-state index contributed by atoms with van der Waals surface area (Å²) in [6.45, 7) is 2.94. The zero-order valence-electron chi connectivity index (χ0n) is 17.0. The van der Waals surface area contributed by atoms with Gasteiger partial charge in [-0.3, -0.25) is 14.5 Å². The number of amides is 2. The Morgan fingerprint density at radius 2 is 1.87 bits per heavy atom. The van der Waals surface area contributed by atoms with Crippen LogP contribution in [0.5, 0.6) is 0 Å². The van der Waals surface area contributed by atoms with Crippen molar-refractivity contribution in [3.63, 3.8) is 0 Å². The number of carbonyl (C=O) groups is 2. The second-order valence-electron chi connectivity index (χ2n) is 7.74. The van der Waals surface area contributed by atoms with Gasteiger partial charge in [0.05, 0.1) is 6.04 Å². The quantitative estimate of drug-likeness (QED) is 0.510. The van der Waals surface area contributed by atoms with Crippen LogP contribution in [0, 0.1) is 0 Å². The molecule has 2 amide bonds. The third-order valence-corrected chi connectivity index (χ3v) is 6.48. The average Bonchev–Trinajstić information content (AvgIpc) is 3.45. The minimum atomic E-state index is -0.572. The number of rotatable bonds is 7. The van der Waals surface area contributed by atoms with Crippen molar-refractivity contribution in [2.24, 2.45) is 0 Å². The average molecular weight is 425 g/mol. The molecule has 1 aromatic carbocycles. The molecule has 3 aromatic rings. The van der Waals surface area contributed by atoms with Gasteiger partial charge in [0.1, 0.15) is 0 Å². The second-order valence-corrected chi connectivity index (χ2v) is 8.52. The number of hydrogen-bond donors (Lipinski definition) is 3. The van der Waals surface area contributed by atoms with Crippen LogP contribution in [0.2, 0.25) is 0 Å². The first-order chi connectivity index (χ1) is 14.7. The van der Waals surface area contributed by atoms with Crippen molar-refractivity contribution in [3.05, 3.63) is 58.4 Å². The van der Waals surface area contributed by atoms with Gasteiger partial charge in [0.25, 0.3) is 0 Å². The molecule has 0 radical (unpaired) electrons. The van der Waals surface area contributed by atoms with Gasteiger partial charge in [-0.1, -0.05) is 24.6 Å². The lowest BCUT2D eigenvalue weighted by molar-refractivity contribution is -0.139. The fourth-order valence-corrected chi connectivity index (χ4v) is 4.86. The van der Waals surface area contributed by atoms with E-state index >= 15 is 0 Å². The summed E-state index contributed by atoms with van der Waals surface area (Å²) in [5, 5.41) is 10.9. The first kappa shape index (κ1) is 20.6. The summed E-state index contributed by atoms with van der Waals surface area (Å²) in [6, 6.07) is 10.3. The van der Waals surface area contributed by atoms with Crippen LogP contribution >= 0.6 is 11.3 Å². The third kappa shape index (κ3) is 4.91. The SMILES string of the molecule is O=C(NCCc1c[nH]c2ccccc12)C(=O)NCC(c1ccsc1)N1CCCCC1. The molecule has 0 bridgehead atoms. The number of carbonyl (C=O) groups excluding carboxylic acids is 2. The van der Waals surface area contributed by atoms with E-state index in [2.05, 4.69) is 43.4 Å². The Hall–Kier alpha value is -2.64. The van der Waals surface area contributed by atoms with E-state index in [-0.39, 0.29) is 6.04 Å². The number of aromatic nitrogens is 1. The van der Waals surface area contributed by atoms with Crippen molar-refractivity contribution < 1.29 is 9.59 Å². The van der Waals surface area contributed by atoms with E-state index in [1.165, 1.54) is 24.8 Å². The third-order valence-electron chi connectivity index (χ3n) is 5.78. The van der Waals surface area contributed by atoms with E-state index < -0.39 is 11.8 Å². The fourth-order valence-electron chi connectivity index (χ4n) is 4.15. The van der Waals surface area contributed by atoms with Crippen LogP contribution in [0.1, 0.15) is 36.4 Å². The predicted octanol–water partition coefficient (Wildman–Crippen LogP) is 3.23. The molecule has 1 aliphatic heterocycles. The van der Waals surface area contributed by atoms with Crippen LogP contribution in [0.3, 0.4) is 0 Å². The number of likely N-dealkylation sites (tertiary alicyclic amines) is 1. The highest BCUT2D eigenvalue weighted by Gasteiger charge is 2.24. The first-order valence-corrected chi connectivity index (χ1v) is 11.5. The van der Waals surface area contributed by atoms with Crippen LogP contribution in [0.4, 0.5) is 0 Å². The van der Waals surface area contributed by atoms with Gasteiger partial charge in [0.15, 0.2) is 0 Å². The number of H-pyrrole nitrogens is 1. The van der Waals surface area contributed by atoms with Crippen molar-refractivity contribution in [1.29, 1.82) is 0 Å². The highest BCUT2D eigenvalue weighted by atomic mass is 32.1. The first-order valence-electron chi connectivity index (χ1n) is 10.6. The summed E-state index contributed by atoms with van der Waals surface area (Å²) in [4.78, 5) is 30.3. The zero-order chi connectivity index (χ0) is 20.8. The van der Waals surface area contributed by atoms with Crippen LogP contribution in [-0.4, -0.2) is 47.9 Å². The topological polar surface area (TPSA) is 77.2 Å². The molecule has 158 valence electrons. The minimum absolute atomic E-state index is 0.125. The van der Waals surface area contributed by atoms with E-state index in [1.54, 1.807) is 11.3 Å². The lowest BCUT2D eigenvalue weighted by atomic mass is 10.0. The largest absolute Gasteiger partial charge is 0.361 e. The molecular formula is C23H28N4O2S. The molecule has 3 heterocycles. The van der Waals surface area contributed by atoms with E-state index in [4.69, 9.17) is 0 Å². The molecule has 6 nitrogen and oxygen atoms in total. The summed E-state index contributed by atoms with van der Waals surface area (Å²) in [7, 11) is 0. The maximum Gasteiger partial charge on any atom is 0.309 e. The maximum atomic E-state index is 12.4. The molecule has 0 aliphatic carbocycles. The Kier molecular flexibility index (Phi) is 6.81. The van der Waals surface area contributed by atoms with Crippen LogP contribution in [-0.2, 0) is 16.0 Å². The summed E-state index contributed by atoms with van der Waals surface area (Å²) in [5.41, 5.74) is 3.42. The molecule has 0 spiro atoms. The van der Waals surface area contributed by atoms with Crippen molar-refractivity contribution >= 4 is 34.1 Å². The monoisotopic (exact) mass is 424 g/mol. The van der Waals surface area contributed by atoms with Crippen molar-refractivity contribution in [3.8, 4) is 0 Å². The Morgan fingerprint density at radius 1 is 1.07 bits per heavy atom. The van der Waals surface area contributed by atoms with Crippen LogP contribution in [0.15, 0.2) is 47.3 Å². The maximum absolute atomic E-state index is 12.4. The normalized spacial score (nSPS) is 15.7. The smallest absolute Gasteiger partial charge is 0.309 e. The molecule has 7 heteroatoms. The van der Waals surface area contributed by atoms with E-state index in [0.717, 1.165) is 29.6 Å². The molecule has 4 rings (SSSR count).